The molecule has 0 amide bonds. The van der Waals surface area contributed by atoms with Gasteiger partial charge in [-0.05, 0) is 19.9 Å². The van der Waals surface area contributed by atoms with Gasteiger partial charge in [-0.3, -0.25) is 4.98 Å². The van der Waals surface area contributed by atoms with Crippen LogP contribution in [-0.2, 0) is 0 Å². The molecule has 80 valence electrons. The van der Waals surface area contributed by atoms with E-state index in [1.165, 1.54) is 0 Å². The molecule has 2 rings (SSSR count). The Bertz CT molecular complexity index is 577. The predicted octanol–water partition coefficient (Wildman–Crippen LogP) is 1.34. The molecule has 0 unspecified atom stereocenters. The lowest BCUT2D eigenvalue weighted by Gasteiger charge is -2.07. The summed E-state index contributed by atoms with van der Waals surface area (Å²) in [7, 11) is 0. The fourth-order valence-electron chi connectivity index (χ4n) is 1.60. The first-order valence-electron chi connectivity index (χ1n) is 4.81. The van der Waals surface area contributed by atoms with Crippen LogP contribution < -0.4 is 5.73 Å². The smallest absolute Gasteiger partial charge is 0.145 e. The molecular formula is C11H11N5. The molecule has 0 atom stereocenters. The van der Waals surface area contributed by atoms with Crippen LogP contribution in [-0.4, -0.2) is 14.8 Å². The number of pyridine rings is 1. The summed E-state index contributed by atoms with van der Waals surface area (Å²) in [4.78, 5) is 4.24. The van der Waals surface area contributed by atoms with Crippen LogP contribution in [0.25, 0.3) is 5.69 Å². The van der Waals surface area contributed by atoms with Crippen LogP contribution in [0.2, 0.25) is 0 Å². The van der Waals surface area contributed by atoms with Gasteiger partial charge in [-0.25, -0.2) is 4.68 Å². The molecule has 0 aliphatic heterocycles. The van der Waals surface area contributed by atoms with Crippen molar-refractivity contribution in [1.29, 1.82) is 5.26 Å². The van der Waals surface area contributed by atoms with Gasteiger partial charge in [0.1, 0.15) is 11.9 Å². The van der Waals surface area contributed by atoms with E-state index < -0.39 is 0 Å². The molecule has 2 N–H and O–H groups in total. The highest BCUT2D eigenvalue weighted by Gasteiger charge is 2.10. The van der Waals surface area contributed by atoms with E-state index in [1.807, 2.05) is 19.9 Å². The van der Waals surface area contributed by atoms with Crippen molar-refractivity contribution in [3.05, 3.63) is 35.3 Å². The van der Waals surface area contributed by atoms with Crippen molar-refractivity contribution in [3.63, 3.8) is 0 Å². The molecule has 0 saturated heterocycles. The number of rotatable bonds is 1. The molecule has 2 aromatic rings. The maximum absolute atomic E-state index is 9.10. The number of hydrogen-bond acceptors (Lipinski definition) is 4. The van der Waals surface area contributed by atoms with E-state index in [-0.39, 0.29) is 0 Å². The van der Waals surface area contributed by atoms with Crippen molar-refractivity contribution in [2.75, 3.05) is 5.73 Å². The summed E-state index contributed by atoms with van der Waals surface area (Å²) >= 11 is 0. The number of anilines is 1. The predicted molar refractivity (Wildman–Crippen MR) is 60.0 cm³/mol. The molecule has 0 aromatic carbocycles. The molecular weight excluding hydrogens is 202 g/mol. The normalized spacial score (nSPS) is 10.1. The number of aryl methyl sites for hydroxylation is 2. The van der Waals surface area contributed by atoms with Crippen molar-refractivity contribution in [2.24, 2.45) is 0 Å². The third-order valence-corrected chi connectivity index (χ3v) is 2.28. The Morgan fingerprint density at radius 2 is 2.19 bits per heavy atom. The van der Waals surface area contributed by atoms with Crippen LogP contribution in [0.15, 0.2) is 18.3 Å². The molecule has 0 saturated carbocycles. The van der Waals surface area contributed by atoms with E-state index in [4.69, 9.17) is 11.0 Å². The average molecular weight is 213 g/mol. The van der Waals surface area contributed by atoms with E-state index in [0.29, 0.717) is 22.8 Å². The van der Waals surface area contributed by atoms with E-state index in [1.54, 1.807) is 16.9 Å². The second kappa shape index (κ2) is 3.66. The lowest BCUT2D eigenvalue weighted by Crippen LogP contribution is -2.03. The Hall–Kier alpha value is -2.35. The summed E-state index contributed by atoms with van der Waals surface area (Å²) in [5.74, 6) is 0.427. The van der Waals surface area contributed by atoms with Crippen molar-refractivity contribution in [1.82, 2.24) is 14.8 Å². The highest BCUT2D eigenvalue weighted by molar-refractivity contribution is 5.52. The second-order valence-corrected chi connectivity index (χ2v) is 3.54. The molecule has 2 aromatic heterocycles. The quantitative estimate of drug-likeness (QED) is 0.775. The summed E-state index contributed by atoms with van der Waals surface area (Å²) in [6.45, 7) is 3.69. The molecule has 0 radical (unpaired) electrons. The summed E-state index contributed by atoms with van der Waals surface area (Å²) in [5, 5.41) is 13.2. The largest absolute Gasteiger partial charge is 0.382 e. The number of nitrogen functional groups attached to an aromatic ring is 1. The summed E-state index contributed by atoms with van der Waals surface area (Å²) in [5.41, 5.74) is 8.34. The van der Waals surface area contributed by atoms with Gasteiger partial charge >= 0.3 is 0 Å². The molecule has 0 aliphatic carbocycles. The number of aromatic nitrogens is 3. The van der Waals surface area contributed by atoms with Crippen molar-refractivity contribution < 1.29 is 0 Å². The van der Waals surface area contributed by atoms with Crippen molar-refractivity contribution in [3.8, 4) is 11.8 Å². The zero-order valence-corrected chi connectivity index (χ0v) is 9.10. The third-order valence-electron chi connectivity index (χ3n) is 2.28. The van der Waals surface area contributed by atoms with Crippen LogP contribution in [0.5, 0.6) is 0 Å². The number of nitrogens with zero attached hydrogens (tertiary/aromatic N) is 4. The molecule has 0 bridgehead atoms. The van der Waals surface area contributed by atoms with Crippen LogP contribution >= 0.6 is 0 Å². The lowest BCUT2D eigenvalue weighted by atomic mass is 10.1. The number of nitriles is 1. The molecule has 0 fully saturated rings. The second-order valence-electron chi connectivity index (χ2n) is 3.54. The Labute approximate surface area is 93.1 Å². The van der Waals surface area contributed by atoms with Crippen molar-refractivity contribution in [2.45, 2.75) is 13.8 Å². The Morgan fingerprint density at radius 1 is 1.44 bits per heavy atom. The first kappa shape index (κ1) is 10.2. The van der Waals surface area contributed by atoms with E-state index in [2.05, 4.69) is 16.2 Å². The van der Waals surface area contributed by atoms with Crippen molar-refractivity contribution >= 4 is 5.82 Å². The highest BCUT2D eigenvalue weighted by atomic mass is 15.3. The molecule has 0 aliphatic rings. The SMILES string of the molecule is Cc1cc(-n2ccc(N)n2)c(C#N)c(C)n1. The van der Waals surface area contributed by atoms with Gasteiger partial charge in [-0.2, -0.15) is 10.4 Å². The summed E-state index contributed by atoms with van der Waals surface area (Å²) in [6.07, 6.45) is 1.73. The first-order chi connectivity index (χ1) is 7.61. The minimum atomic E-state index is 0.427. The van der Waals surface area contributed by atoms with Gasteiger partial charge in [-0.15, -0.1) is 0 Å². The Morgan fingerprint density at radius 3 is 2.75 bits per heavy atom. The highest BCUT2D eigenvalue weighted by Crippen LogP contribution is 2.17. The molecule has 0 spiro atoms. The van der Waals surface area contributed by atoms with Gasteiger partial charge in [0.05, 0.1) is 16.9 Å². The van der Waals surface area contributed by atoms with Crippen LogP contribution in [0.4, 0.5) is 5.82 Å². The van der Waals surface area contributed by atoms with Gasteiger partial charge in [0.2, 0.25) is 0 Å². The molecule has 2 heterocycles. The van der Waals surface area contributed by atoms with E-state index in [0.717, 1.165) is 5.69 Å². The topological polar surface area (TPSA) is 80.5 Å². The zero-order chi connectivity index (χ0) is 11.7. The van der Waals surface area contributed by atoms with E-state index in [9.17, 15) is 0 Å². The monoisotopic (exact) mass is 213 g/mol. The summed E-state index contributed by atoms with van der Waals surface area (Å²) in [6, 6.07) is 5.64. The number of nitrogens with two attached hydrogens (primary N) is 1. The maximum Gasteiger partial charge on any atom is 0.145 e. The molecule has 5 nitrogen and oxygen atoms in total. The van der Waals surface area contributed by atoms with Gasteiger partial charge in [0.15, 0.2) is 0 Å². The fraction of sp³-hybridized carbons (Fsp3) is 0.182. The van der Waals surface area contributed by atoms with Gasteiger partial charge in [0, 0.05) is 18.0 Å². The van der Waals surface area contributed by atoms with Crippen LogP contribution in [0, 0.1) is 25.2 Å². The Balaban J connectivity index is 2.69. The van der Waals surface area contributed by atoms with Gasteiger partial charge in [0.25, 0.3) is 0 Å². The van der Waals surface area contributed by atoms with Gasteiger partial charge in [-0.1, -0.05) is 0 Å². The first-order valence-corrected chi connectivity index (χ1v) is 4.81. The lowest BCUT2D eigenvalue weighted by molar-refractivity contribution is 0.871. The fourth-order valence-corrected chi connectivity index (χ4v) is 1.60. The Kier molecular flexibility index (Phi) is 2.33. The molecule has 5 heteroatoms. The standard InChI is InChI=1S/C11H11N5/c1-7-5-10(9(6-12)8(2)14-7)16-4-3-11(13)15-16/h3-5H,1-2H3,(H2,13,15). The summed E-state index contributed by atoms with van der Waals surface area (Å²) < 4.78 is 1.59. The third kappa shape index (κ3) is 1.61. The van der Waals surface area contributed by atoms with Crippen LogP contribution in [0.1, 0.15) is 17.0 Å². The minimum Gasteiger partial charge on any atom is -0.382 e. The van der Waals surface area contributed by atoms with E-state index >= 15 is 0 Å². The minimum absolute atomic E-state index is 0.427. The van der Waals surface area contributed by atoms with Gasteiger partial charge < -0.3 is 5.73 Å². The zero-order valence-electron chi connectivity index (χ0n) is 9.10. The van der Waals surface area contributed by atoms with Crippen LogP contribution in [0.3, 0.4) is 0 Å². The maximum atomic E-state index is 9.10. The average Bonchev–Trinajstić information content (AvgIpc) is 2.63. The number of hydrogen-bond donors (Lipinski definition) is 1. The molecule has 16 heavy (non-hydrogen) atoms.